The van der Waals surface area contributed by atoms with E-state index in [0.29, 0.717) is 18.0 Å². The van der Waals surface area contributed by atoms with Crippen LogP contribution in [0.15, 0.2) is 18.2 Å². The Kier molecular flexibility index (Phi) is 7.01. The first-order valence-corrected chi connectivity index (χ1v) is 6.90. The summed E-state index contributed by atoms with van der Waals surface area (Å²) in [7, 11) is 1.94. The Morgan fingerprint density at radius 1 is 1.52 bits per heavy atom. The molecule has 0 amide bonds. The molecule has 1 aliphatic rings. The fourth-order valence-electron chi connectivity index (χ4n) is 2.77. The van der Waals surface area contributed by atoms with Gasteiger partial charge in [0.05, 0.1) is 11.0 Å². The van der Waals surface area contributed by atoms with Crippen LogP contribution in [0.4, 0.5) is 10.1 Å². The Balaban J connectivity index is 0.00000220. The van der Waals surface area contributed by atoms with E-state index >= 15 is 0 Å². The van der Waals surface area contributed by atoms with Gasteiger partial charge in [-0.1, -0.05) is 0 Å². The number of benzene rings is 1. The number of nitrogens with one attached hydrogen (secondary N) is 1. The van der Waals surface area contributed by atoms with E-state index in [0.717, 1.165) is 32.1 Å². The van der Waals surface area contributed by atoms with Crippen molar-refractivity contribution >= 4 is 18.1 Å². The molecular formula is C14H21ClFN3O2. The van der Waals surface area contributed by atoms with Gasteiger partial charge >= 0.3 is 0 Å². The van der Waals surface area contributed by atoms with Gasteiger partial charge in [-0.3, -0.25) is 15.0 Å². The van der Waals surface area contributed by atoms with Gasteiger partial charge in [0.2, 0.25) is 0 Å². The summed E-state index contributed by atoms with van der Waals surface area (Å²) in [5.74, 6) is 0.102. The van der Waals surface area contributed by atoms with Gasteiger partial charge in [0.1, 0.15) is 5.82 Å². The molecule has 0 radical (unpaired) electrons. The van der Waals surface area contributed by atoms with E-state index in [-0.39, 0.29) is 18.1 Å². The second kappa shape index (κ2) is 8.26. The van der Waals surface area contributed by atoms with Gasteiger partial charge < -0.3 is 5.32 Å². The van der Waals surface area contributed by atoms with E-state index in [9.17, 15) is 14.5 Å². The molecule has 21 heavy (non-hydrogen) atoms. The van der Waals surface area contributed by atoms with E-state index in [1.54, 1.807) is 0 Å². The molecule has 0 saturated carbocycles. The molecule has 0 spiro atoms. The quantitative estimate of drug-likeness (QED) is 0.670. The molecule has 1 heterocycles. The predicted molar refractivity (Wildman–Crippen MR) is 82.2 cm³/mol. The zero-order chi connectivity index (χ0) is 14.5. The summed E-state index contributed by atoms with van der Waals surface area (Å²) >= 11 is 0. The lowest BCUT2D eigenvalue weighted by Gasteiger charge is -2.32. The van der Waals surface area contributed by atoms with E-state index in [4.69, 9.17) is 0 Å². The first kappa shape index (κ1) is 17.8. The van der Waals surface area contributed by atoms with Gasteiger partial charge in [-0.2, -0.15) is 0 Å². The Labute approximate surface area is 130 Å². The zero-order valence-corrected chi connectivity index (χ0v) is 12.9. The summed E-state index contributed by atoms with van der Waals surface area (Å²) in [6, 6.07) is 3.90. The summed E-state index contributed by atoms with van der Waals surface area (Å²) in [6.45, 7) is 3.39. The second-order valence-electron chi connectivity index (χ2n) is 5.33. The van der Waals surface area contributed by atoms with E-state index in [1.807, 2.05) is 7.05 Å². The fourth-order valence-corrected chi connectivity index (χ4v) is 2.77. The highest BCUT2D eigenvalue weighted by Gasteiger charge is 2.20. The molecule has 1 unspecified atom stereocenters. The molecule has 5 nitrogen and oxygen atoms in total. The minimum Gasteiger partial charge on any atom is -0.319 e. The molecule has 118 valence electrons. The smallest absolute Gasteiger partial charge is 0.272 e. The van der Waals surface area contributed by atoms with Crippen molar-refractivity contribution < 1.29 is 9.31 Å². The molecular weight excluding hydrogens is 297 g/mol. The van der Waals surface area contributed by atoms with Crippen LogP contribution in [0, 0.1) is 21.8 Å². The van der Waals surface area contributed by atoms with E-state index in [1.165, 1.54) is 18.6 Å². The first-order chi connectivity index (χ1) is 9.60. The summed E-state index contributed by atoms with van der Waals surface area (Å²) in [4.78, 5) is 12.2. The number of hydrogen-bond donors (Lipinski definition) is 1. The molecule has 2 rings (SSSR count). The maximum absolute atomic E-state index is 13.9. The summed E-state index contributed by atoms with van der Waals surface area (Å²) < 4.78 is 13.9. The highest BCUT2D eigenvalue weighted by molar-refractivity contribution is 5.85. The number of rotatable bonds is 5. The number of piperidine rings is 1. The van der Waals surface area contributed by atoms with Crippen LogP contribution in [0.2, 0.25) is 0 Å². The summed E-state index contributed by atoms with van der Waals surface area (Å²) in [6.07, 6.45) is 2.31. The average molecular weight is 318 g/mol. The Morgan fingerprint density at radius 2 is 2.29 bits per heavy atom. The number of hydrogen-bond acceptors (Lipinski definition) is 4. The SMILES string of the molecule is CNCC1CCCN(Cc2ccc([N+](=O)[O-])cc2F)C1.Cl. The van der Waals surface area contributed by atoms with Crippen LogP contribution in [0.1, 0.15) is 18.4 Å². The number of nitro groups is 1. The predicted octanol–water partition coefficient (Wildman–Crippen LogP) is 2.59. The standard InChI is InChI=1S/C14H20FN3O2.ClH/c1-16-8-11-3-2-6-17(9-11)10-12-4-5-13(18(19)20)7-14(12)15;/h4-5,7,11,16H,2-3,6,8-10H2,1H3;1H. The van der Waals surface area contributed by atoms with Crippen LogP contribution in [0.25, 0.3) is 0 Å². The minimum atomic E-state index is -0.573. The lowest BCUT2D eigenvalue weighted by atomic mass is 9.97. The lowest BCUT2D eigenvalue weighted by molar-refractivity contribution is -0.385. The topological polar surface area (TPSA) is 58.4 Å². The number of non-ortho nitro benzene ring substituents is 1. The van der Waals surface area contributed by atoms with Crippen molar-refractivity contribution in [1.82, 2.24) is 10.2 Å². The van der Waals surface area contributed by atoms with Crippen molar-refractivity contribution in [2.45, 2.75) is 19.4 Å². The van der Waals surface area contributed by atoms with Crippen molar-refractivity contribution in [1.29, 1.82) is 0 Å². The Bertz CT molecular complexity index is 485. The molecule has 1 N–H and O–H groups in total. The van der Waals surface area contributed by atoms with E-state index in [2.05, 4.69) is 10.2 Å². The number of likely N-dealkylation sites (tertiary alicyclic amines) is 1. The van der Waals surface area contributed by atoms with Crippen molar-refractivity contribution in [3.63, 3.8) is 0 Å². The van der Waals surface area contributed by atoms with E-state index < -0.39 is 10.7 Å². The molecule has 1 aromatic rings. The van der Waals surface area contributed by atoms with Crippen molar-refractivity contribution in [2.24, 2.45) is 5.92 Å². The third-order valence-corrected chi connectivity index (χ3v) is 3.74. The van der Waals surface area contributed by atoms with Gasteiger partial charge in [0, 0.05) is 24.7 Å². The summed E-state index contributed by atoms with van der Waals surface area (Å²) in [5.41, 5.74) is 0.332. The number of halogens is 2. The molecule has 1 aliphatic heterocycles. The minimum absolute atomic E-state index is 0. The maximum Gasteiger partial charge on any atom is 0.272 e. The maximum atomic E-state index is 13.9. The van der Waals surface area contributed by atoms with Crippen molar-refractivity contribution in [3.05, 3.63) is 39.7 Å². The van der Waals surface area contributed by atoms with Crippen molar-refractivity contribution in [3.8, 4) is 0 Å². The number of nitro benzene ring substituents is 1. The molecule has 7 heteroatoms. The third kappa shape index (κ3) is 4.91. The third-order valence-electron chi connectivity index (χ3n) is 3.74. The van der Waals surface area contributed by atoms with Gasteiger partial charge in [0.15, 0.2) is 0 Å². The fraction of sp³-hybridized carbons (Fsp3) is 0.571. The van der Waals surface area contributed by atoms with Crippen molar-refractivity contribution in [2.75, 3.05) is 26.7 Å². The molecule has 1 saturated heterocycles. The monoisotopic (exact) mass is 317 g/mol. The highest BCUT2D eigenvalue weighted by Crippen LogP contribution is 2.21. The van der Waals surface area contributed by atoms with Gasteiger partial charge in [-0.15, -0.1) is 12.4 Å². The van der Waals surface area contributed by atoms with Gasteiger partial charge in [-0.05, 0) is 45.0 Å². The molecule has 0 aliphatic carbocycles. The van der Waals surface area contributed by atoms with Gasteiger partial charge in [0.25, 0.3) is 5.69 Å². The lowest BCUT2D eigenvalue weighted by Crippen LogP contribution is -2.38. The van der Waals surface area contributed by atoms with Crippen LogP contribution >= 0.6 is 12.4 Å². The van der Waals surface area contributed by atoms with Crippen LogP contribution in [-0.2, 0) is 6.54 Å². The molecule has 0 aromatic heterocycles. The van der Waals surface area contributed by atoms with Crippen LogP contribution in [0.3, 0.4) is 0 Å². The first-order valence-electron chi connectivity index (χ1n) is 6.90. The highest BCUT2D eigenvalue weighted by atomic mass is 35.5. The normalized spacial score (nSPS) is 19.0. The number of nitrogens with zero attached hydrogens (tertiary/aromatic N) is 2. The molecule has 0 bridgehead atoms. The molecule has 1 aromatic carbocycles. The average Bonchev–Trinajstić information content (AvgIpc) is 2.42. The van der Waals surface area contributed by atoms with Crippen LogP contribution in [-0.4, -0.2) is 36.5 Å². The molecule has 1 fully saturated rings. The van der Waals surface area contributed by atoms with Crippen LogP contribution in [0.5, 0.6) is 0 Å². The van der Waals surface area contributed by atoms with Crippen LogP contribution < -0.4 is 5.32 Å². The second-order valence-corrected chi connectivity index (χ2v) is 5.33. The summed E-state index contributed by atoms with van der Waals surface area (Å²) in [5, 5.41) is 13.8. The van der Waals surface area contributed by atoms with Gasteiger partial charge in [-0.25, -0.2) is 4.39 Å². The zero-order valence-electron chi connectivity index (χ0n) is 12.0. The Hall–Kier alpha value is -1.24. The Morgan fingerprint density at radius 3 is 2.90 bits per heavy atom. The molecule has 1 atom stereocenters. The largest absolute Gasteiger partial charge is 0.319 e.